The second kappa shape index (κ2) is 7.35. The van der Waals surface area contributed by atoms with Crippen molar-refractivity contribution in [3.05, 3.63) is 11.6 Å². The zero-order valence-electron chi connectivity index (χ0n) is 8.89. The number of hydrogen-bond acceptors (Lipinski definition) is 1. The zero-order chi connectivity index (χ0) is 9.40. The first-order valence-corrected chi connectivity index (χ1v) is 4.96. The number of rotatable bonds is 6. The molecule has 0 saturated carbocycles. The summed E-state index contributed by atoms with van der Waals surface area (Å²) in [5.74, 6) is 0. The Balaban J connectivity index is 3.85. The fraction of sp³-hybridized carbons (Fsp3) is 0.818. The largest absolute Gasteiger partial charge is 0.378 e. The SMILES string of the molecule is CCCCC(=CC(C)OC)CC. The van der Waals surface area contributed by atoms with Gasteiger partial charge in [0.2, 0.25) is 0 Å². The van der Waals surface area contributed by atoms with Crippen molar-refractivity contribution in [2.24, 2.45) is 0 Å². The minimum atomic E-state index is 0.275. The van der Waals surface area contributed by atoms with Crippen LogP contribution >= 0.6 is 0 Å². The molecule has 0 aliphatic heterocycles. The number of methoxy groups -OCH3 is 1. The Morgan fingerprint density at radius 1 is 1.42 bits per heavy atom. The van der Waals surface area contributed by atoms with Crippen molar-refractivity contribution in [3.8, 4) is 0 Å². The summed E-state index contributed by atoms with van der Waals surface area (Å²) in [5, 5.41) is 0. The van der Waals surface area contributed by atoms with Crippen LogP contribution in [0.3, 0.4) is 0 Å². The highest BCUT2D eigenvalue weighted by molar-refractivity contribution is 5.03. The lowest BCUT2D eigenvalue weighted by atomic mass is 10.0. The van der Waals surface area contributed by atoms with Gasteiger partial charge in [-0.25, -0.2) is 0 Å². The monoisotopic (exact) mass is 170 g/mol. The molecule has 0 rings (SSSR count). The average molecular weight is 170 g/mol. The van der Waals surface area contributed by atoms with Gasteiger partial charge in [0.25, 0.3) is 0 Å². The quantitative estimate of drug-likeness (QED) is 0.554. The normalized spacial score (nSPS) is 14.8. The van der Waals surface area contributed by atoms with E-state index in [-0.39, 0.29) is 6.10 Å². The van der Waals surface area contributed by atoms with Crippen molar-refractivity contribution in [3.63, 3.8) is 0 Å². The fourth-order valence-corrected chi connectivity index (χ4v) is 1.18. The van der Waals surface area contributed by atoms with Crippen molar-refractivity contribution < 1.29 is 4.74 Å². The van der Waals surface area contributed by atoms with Crippen LogP contribution in [0, 0.1) is 0 Å². The van der Waals surface area contributed by atoms with E-state index in [1.165, 1.54) is 24.8 Å². The molecule has 0 heterocycles. The van der Waals surface area contributed by atoms with Gasteiger partial charge >= 0.3 is 0 Å². The molecule has 1 unspecified atom stereocenters. The maximum atomic E-state index is 5.19. The third-order valence-corrected chi connectivity index (χ3v) is 2.15. The summed E-state index contributed by atoms with van der Waals surface area (Å²) in [6, 6.07) is 0. The number of allylic oxidation sites excluding steroid dienone is 1. The lowest BCUT2D eigenvalue weighted by Crippen LogP contribution is -2.01. The molecule has 0 N–H and O–H groups in total. The molecule has 0 fully saturated rings. The van der Waals surface area contributed by atoms with Crippen LogP contribution in [0.4, 0.5) is 0 Å². The minimum absolute atomic E-state index is 0.275. The second-order valence-corrected chi connectivity index (χ2v) is 3.22. The molecular formula is C11H22O. The molecule has 1 heteroatoms. The van der Waals surface area contributed by atoms with E-state index in [1.54, 1.807) is 7.11 Å². The van der Waals surface area contributed by atoms with Crippen molar-refractivity contribution >= 4 is 0 Å². The lowest BCUT2D eigenvalue weighted by Gasteiger charge is -2.08. The van der Waals surface area contributed by atoms with Crippen LogP contribution in [0.25, 0.3) is 0 Å². The Morgan fingerprint density at radius 3 is 2.50 bits per heavy atom. The Hall–Kier alpha value is -0.300. The molecule has 0 bridgehead atoms. The van der Waals surface area contributed by atoms with Gasteiger partial charge in [0, 0.05) is 7.11 Å². The summed E-state index contributed by atoms with van der Waals surface area (Å²) in [4.78, 5) is 0. The van der Waals surface area contributed by atoms with Crippen molar-refractivity contribution in [1.82, 2.24) is 0 Å². The summed E-state index contributed by atoms with van der Waals surface area (Å²) < 4.78 is 5.19. The second-order valence-electron chi connectivity index (χ2n) is 3.22. The molecule has 0 aliphatic rings. The number of ether oxygens (including phenoxy) is 1. The van der Waals surface area contributed by atoms with Gasteiger partial charge in [-0.2, -0.15) is 0 Å². The summed E-state index contributed by atoms with van der Waals surface area (Å²) in [5.41, 5.74) is 1.53. The third kappa shape index (κ3) is 5.36. The summed E-state index contributed by atoms with van der Waals surface area (Å²) >= 11 is 0. The zero-order valence-corrected chi connectivity index (χ0v) is 8.89. The van der Waals surface area contributed by atoms with E-state index in [9.17, 15) is 0 Å². The van der Waals surface area contributed by atoms with Gasteiger partial charge in [0.05, 0.1) is 6.10 Å². The van der Waals surface area contributed by atoms with E-state index in [2.05, 4.69) is 26.8 Å². The van der Waals surface area contributed by atoms with Gasteiger partial charge in [-0.3, -0.25) is 0 Å². The van der Waals surface area contributed by atoms with E-state index in [0.717, 1.165) is 6.42 Å². The fourth-order valence-electron chi connectivity index (χ4n) is 1.18. The third-order valence-electron chi connectivity index (χ3n) is 2.15. The van der Waals surface area contributed by atoms with Crippen molar-refractivity contribution in [1.29, 1.82) is 0 Å². The Labute approximate surface area is 76.8 Å². The summed E-state index contributed by atoms with van der Waals surface area (Å²) in [6.07, 6.45) is 7.50. The lowest BCUT2D eigenvalue weighted by molar-refractivity contribution is 0.155. The predicted molar refractivity (Wildman–Crippen MR) is 54.4 cm³/mol. The van der Waals surface area contributed by atoms with Crippen LogP contribution in [0.5, 0.6) is 0 Å². The van der Waals surface area contributed by atoms with Gasteiger partial charge in [-0.1, -0.05) is 31.9 Å². The first-order valence-electron chi connectivity index (χ1n) is 4.96. The molecule has 0 aromatic heterocycles. The van der Waals surface area contributed by atoms with Crippen LogP contribution in [0.1, 0.15) is 46.5 Å². The molecule has 0 radical (unpaired) electrons. The van der Waals surface area contributed by atoms with Gasteiger partial charge in [-0.15, -0.1) is 0 Å². The van der Waals surface area contributed by atoms with E-state index in [1.807, 2.05) is 0 Å². The Kier molecular flexibility index (Phi) is 7.17. The average Bonchev–Trinajstić information content (AvgIpc) is 2.11. The molecule has 1 atom stereocenters. The van der Waals surface area contributed by atoms with E-state index in [0.29, 0.717) is 0 Å². The Morgan fingerprint density at radius 2 is 2.08 bits per heavy atom. The van der Waals surface area contributed by atoms with E-state index < -0.39 is 0 Å². The standard InChI is InChI=1S/C11H22O/c1-5-7-8-11(6-2)9-10(3)12-4/h9-10H,5-8H2,1-4H3. The van der Waals surface area contributed by atoms with Gasteiger partial charge in [-0.05, 0) is 26.2 Å². The maximum Gasteiger partial charge on any atom is 0.0726 e. The van der Waals surface area contributed by atoms with Crippen molar-refractivity contribution in [2.45, 2.75) is 52.6 Å². The van der Waals surface area contributed by atoms with Crippen LogP contribution in [-0.4, -0.2) is 13.2 Å². The molecule has 12 heavy (non-hydrogen) atoms. The number of unbranched alkanes of at least 4 members (excludes halogenated alkanes) is 1. The van der Waals surface area contributed by atoms with E-state index in [4.69, 9.17) is 4.74 Å². The first kappa shape index (κ1) is 11.7. The van der Waals surface area contributed by atoms with Gasteiger partial charge in [0.15, 0.2) is 0 Å². The highest BCUT2D eigenvalue weighted by Crippen LogP contribution is 2.12. The van der Waals surface area contributed by atoms with Crippen LogP contribution in [0.2, 0.25) is 0 Å². The first-order chi connectivity index (χ1) is 5.74. The molecule has 0 aliphatic carbocycles. The minimum Gasteiger partial charge on any atom is -0.378 e. The number of hydrogen-bond donors (Lipinski definition) is 0. The van der Waals surface area contributed by atoms with E-state index >= 15 is 0 Å². The molecule has 0 saturated heterocycles. The van der Waals surface area contributed by atoms with Crippen LogP contribution in [0.15, 0.2) is 11.6 Å². The topological polar surface area (TPSA) is 9.23 Å². The molecular weight excluding hydrogens is 148 g/mol. The smallest absolute Gasteiger partial charge is 0.0726 e. The van der Waals surface area contributed by atoms with Crippen molar-refractivity contribution in [2.75, 3.05) is 7.11 Å². The molecule has 0 aromatic carbocycles. The summed E-state index contributed by atoms with van der Waals surface area (Å²) in [7, 11) is 1.76. The molecule has 72 valence electrons. The molecule has 1 nitrogen and oxygen atoms in total. The maximum absolute atomic E-state index is 5.19. The highest BCUT2D eigenvalue weighted by atomic mass is 16.5. The molecule has 0 spiro atoms. The molecule has 0 aromatic rings. The molecule has 0 amide bonds. The van der Waals surface area contributed by atoms with Gasteiger partial charge in [0.1, 0.15) is 0 Å². The van der Waals surface area contributed by atoms with Crippen LogP contribution < -0.4 is 0 Å². The highest BCUT2D eigenvalue weighted by Gasteiger charge is 1.98. The van der Waals surface area contributed by atoms with Gasteiger partial charge < -0.3 is 4.74 Å². The Bertz CT molecular complexity index is 127. The van der Waals surface area contributed by atoms with Crippen LogP contribution in [-0.2, 0) is 4.74 Å². The predicted octanol–water partition coefficient (Wildman–Crippen LogP) is 3.55. The summed E-state index contributed by atoms with van der Waals surface area (Å²) in [6.45, 7) is 6.53.